The lowest BCUT2D eigenvalue weighted by molar-refractivity contribution is 0.0993. The largest absolute Gasteiger partial charge is 0.309 e. The Morgan fingerprint density at radius 3 is 2.79 bits per heavy atom. The molecule has 0 unspecified atom stereocenters. The van der Waals surface area contributed by atoms with Crippen molar-refractivity contribution in [1.82, 2.24) is 9.88 Å². The predicted octanol–water partition coefficient (Wildman–Crippen LogP) is 4.06. The number of fused-ring (bicyclic) bond motifs is 2. The molecule has 1 aliphatic heterocycles. The third-order valence-electron chi connectivity index (χ3n) is 4.48. The molecule has 0 atom stereocenters. The van der Waals surface area contributed by atoms with Crippen molar-refractivity contribution < 1.29 is 4.79 Å². The van der Waals surface area contributed by atoms with Gasteiger partial charge in [0.1, 0.15) is 0 Å². The molecular formula is C19H18BrN3O. The van der Waals surface area contributed by atoms with Crippen LogP contribution in [0.25, 0.3) is 21.8 Å². The number of hydrogen-bond donors (Lipinski definition) is 0. The number of amides is 1. The molecule has 1 aliphatic rings. The Labute approximate surface area is 149 Å². The fourth-order valence-corrected chi connectivity index (χ4v) is 3.77. The second kappa shape index (κ2) is 5.83. The van der Waals surface area contributed by atoms with Crippen molar-refractivity contribution in [3.8, 4) is 0 Å². The normalized spacial score (nSPS) is 13.7. The molecule has 0 N–H and O–H groups in total. The van der Waals surface area contributed by atoms with Crippen molar-refractivity contribution in [2.24, 2.45) is 0 Å². The molecule has 1 amide bonds. The van der Waals surface area contributed by atoms with Gasteiger partial charge in [-0.2, -0.15) is 0 Å². The maximum absolute atomic E-state index is 13.1. The number of pyridine rings is 1. The van der Waals surface area contributed by atoms with Crippen LogP contribution in [-0.2, 0) is 0 Å². The average Bonchev–Trinajstić information content (AvgIpc) is 2.83. The third kappa shape index (κ3) is 2.39. The maximum Gasteiger partial charge on any atom is 0.259 e. The van der Waals surface area contributed by atoms with Crippen molar-refractivity contribution in [2.75, 3.05) is 32.1 Å². The molecule has 122 valence electrons. The van der Waals surface area contributed by atoms with Gasteiger partial charge in [0.05, 0.1) is 22.3 Å². The molecule has 0 spiro atoms. The zero-order valence-electron chi connectivity index (χ0n) is 13.7. The summed E-state index contributed by atoms with van der Waals surface area (Å²) in [4.78, 5) is 21.9. The summed E-state index contributed by atoms with van der Waals surface area (Å²) in [6.45, 7) is 1.68. The van der Waals surface area contributed by atoms with E-state index in [2.05, 4.69) is 34.9 Å². The third-order valence-corrected chi connectivity index (χ3v) is 4.97. The Hall–Kier alpha value is -1.98. The highest BCUT2D eigenvalue weighted by Gasteiger charge is 2.31. The van der Waals surface area contributed by atoms with Gasteiger partial charge in [0, 0.05) is 21.8 Å². The van der Waals surface area contributed by atoms with Crippen LogP contribution in [-0.4, -0.2) is 43.0 Å². The lowest BCUT2D eigenvalue weighted by atomic mass is 10.0. The highest BCUT2D eigenvalue weighted by atomic mass is 79.9. The number of benzene rings is 2. The van der Waals surface area contributed by atoms with Gasteiger partial charge >= 0.3 is 0 Å². The van der Waals surface area contributed by atoms with Crippen LogP contribution in [0.4, 0.5) is 5.69 Å². The van der Waals surface area contributed by atoms with Gasteiger partial charge in [-0.3, -0.25) is 4.79 Å². The number of aromatic nitrogens is 1. The van der Waals surface area contributed by atoms with Gasteiger partial charge in [0.2, 0.25) is 0 Å². The van der Waals surface area contributed by atoms with Gasteiger partial charge in [0.25, 0.3) is 5.91 Å². The average molecular weight is 384 g/mol. The summed E-state index contributed by atoms with van der Waals surface area (Å²) in [5.74, 6) is 0.0884. The van der Waals surface area contributed by atoms with E-state index in [0.717, 1.165) is 57.0 Å². The first kappa shape index (κ1) is 15.5. The van der Waals surface area contributed by atoms with Crippen molar-refractivity contribution in [2.45, 2.75) is 6.42 Å². The van der Waals surface area contributed by atoms with Crippen LogP contribution < -0.4 is 4.90 Å². The number of nitrogens with zero attached hydrogens (tertiary/aromatic N) is 3. The lowest BCUT2D eigenvalue weighted by Crippen LogP contribution is -2.30. The number of carbonyl (C=O) groups is 1. The van der Waals surface area contributed by atoms with Crippen molar-refractivity contribution in [3.63, 3.8) is 0 Å². The summed E-state index contributed by atoms with van der Waals surface area (Å²) in [6, 6.07) is 11.9. The standard InChI is InChI=1S/C19H18BrN3O/c1-22(2)9-4-10-23-16-6-3-5-15-18(16)17(19(23)24)13-11-12(20)7-8-14(13)21-15/h3,5-8,11H,4,9-10H2,1-2H3. The van der Waals surface area contributed by atoms with Crippen LogP contribution in [0.2, 0.25) is 0 Å². The van der Waals surface area contributed by atoms with Crippen molar-refractivity contribution >= 4 is 49.3 Å². The summed E-state index contributed by atoms with van der Waals surface area (Å²) in [5, 5.41) is 1.90. The Morgan fingerprint density at radius 2 is 2.00 bits per heavy atom. The van der Waals surface area contributed by atoms with E-state index in [1.165, 1.54) is 0 Å². The highest BCUT2D eigenvalue weighted by molar-refractivity contribution is 9.10. The van der Waals surface area contributed by atoms with E-state index in [1.807, 2.05) is 41.3 Å². The molecular weight excluding hydrogens is 366 g/mol. The van der Waals surface area contributed by atoms with Gasteiger partial charge in [-0.15, -0.1) is 0 Å². The summed E-state index contributed by atoms with van der Waals surface area (Å²) in [5.41, 5.74) is 3.53. The topological polar surface area (TPSA) is 36.4 Å². The van der Waals surface area contributed by atoms with Crippen LogP contribution >= 0.6 is 15.9 Å². The van der Waals surface area contributed by atoms with E-state index < -0.39 is 0 Å². The van der Waals surface area contributed by atoms with Gasteiger partial charge in [-0.1, -0.05) is 22.0 Å². The van der Waals surface area contributed by atoms with E-state index >= 15 is 0 Å². The van der Waals surface area contributed by atoms with E-state index in [0.29, 0.717) is 0 Å². The predicted molar refractivity (Wildman–Crippen MR) is 102 cm³/mol. The van der Waals surface area contributed by atoms with Gasteiger partial charge in [-0.05, 0) is 57.4 Å². The Balaban J connectivity index is 1.88. The molecule has 4 nitrogen and oxygen atoms in total. The van der Waals surface area contributed by atoms with Crippen LogP contribution in [0, 0.1) is 0 Å². The summed E-state index contributed by atoms with van der Waals surface area (Å²) in [6.07, 6.45) is 0.943. The number of hydrogen-bond acceptors (Lipinski definition) is 3. The molecule has 1 aromatic heterocycles. The molecule has 2 heterocycles. The molecule has 3 aromatic rings. The lowest BCUT2D eigenvalue weighted by Gasteiger charge is -2.19. The molecule has 0 aliphatic carbocycles. The SMILES string of the molecule is CN(C)CCCN1C(=O)c2c3cc(Br)ccc3nc3cccc1c23. The van der Waals surface area contributed by atoms with Crippen molar-refractivity contribution in [1.29, 1.82) is 0 Å². The molecule has 0 bridgehead atoms. The summed E-state index contributed by atoms with van der Waals surface area (Å²) in [7, 11) is 4.10. The van der Waals surface area contributed by atoms with Crippen LogP contribution in [0.15, 0.2) is 40.9 Å². The van der Waals surface area contributed by atoms with Crippen LogP contribution in [0.1, 0.15) is 16.8 Å². The van der Waals surface area contributed by atoms with Crippen LogP contribution in [0.3, 0.4) is 0 Å². The Bertz CT molecular complexity index is 968. The first-order valence-electron chi connectivity index (χ1n) is 8.05. The molecule has 2 aromatic carbocycles. The van der Waals surface area contributed by atoms with E-state index in [-0.39, 0.29) is 5.91 Å². The molecule has 0 saturated heterocycles. The zero-order valence-corrected chi connectivity index (χ0v) is 15.3. The fourth-order valence-electron chi connectivity index (χ4n) is 3.41. The molecule has 0 saturated carbocycles. The number of anilines is 1. The number of halogens is 1. The first-order valence-corrected chi connectivity index (χ1v) is 8.84. The van der Waals surface area contributed by atoms with E-state index in [4.69, 9.17) is 4.98 Å². The molecule has 24 heavy (non-hydrogen) atoms. The number of rotatable bonds is 4. The smallest absolute Gasteiger partial charge is 0.259 e. The highest BCUT2D eigenvalue weighted by Crippen LogP contribution is 2.40. The molecule has 0 fully saturated rings. The molecule has 0 radical (unpaired) electrons. The van der Waals surface area contributed by atoms with Gasteiger partial charge in [0.15, 0.2) is 0 Å². The van der Waals surface area contributed by atoms with E-state index in [1.54, 1.807) is 0 Å². The minimum absolute atomic E-state index is 0.0884. The van der Waals surface area contributed by atoms with Gasteiger partial charge < -0.3 is 9.80 Å². The summed E-state index contributed by atoms with van der Waals surface area (Å²) >= 11 is 3.51. The molecule has 4 rings (SSSR count). The second-order valence-corrected chi connectivity index (χ2v) is 7.35. The first-order chi connectivity index (χ1) is 11.6. The fraction of sp³-hybridized carbons (Fsp3) is 0.263. The summed E-state index contributed by atoms with van der Waals surface area (Å²) < 4.78 is 0.962. The van der Waals surface area contributed by atoms with Crippen molar-refractivity contribution in [3.05, 3.63) is 46.4 Å². The van der Waals surface area contributed by atoms with E-state index in [9.17, 15) is 4.79 Å². The maximum atomic E-state index is 13.1. The Kier molecular flexibility index (Phi) is 3.77. The molecule has 5 heteroatoms. The zero-order chi connectivity index (χ0) is 16.8. The monoisotopic (exact) mass is 383 g/mol. The van der Waals surface area contributed by atoms with Crippen LogP contribution in [0.5, 0.6) is 0 Å². The minimum atomic E-state index is 0.0884. The second-order valence-electron chi connectivity index (χ2n) is 6.43. The quantitative estimate of drug-likeness (QED) is 0.637. The van der Waals surface area contributed by atoms with Gasteiger partial charge in [-0.25, -0.2) is 4.98 Å². The Morgan fingerprint density at radius 1 is 1.17 bits per heavy atom. The number of carbonyl (C=O) groups excluding carboxylic acids is 1. The minimum Gasteiger partial charge on any atom is -0.309 e.